The van der Waals surface area contributed by atoms with Crippen molar-refractivity contribution in [2.75, 3.05) is 34.3 Å². The van der Waals surface area contributed by atoms with Crippen LogP contribution in [0.4, 0.5) is 0 Å². The minimum atomic E-state index is -1.06. The summed E-state index contributed by atoms with van der Waals surface area (Å²) in [5, 5.41) is 0. The van der Waals surface area contributed by atoms with Crippen LogP contribution < -0.4 is 0 Å². The highest BCUT2D eigenvalue weighted by Gasteiger charge is 2.39. The minimum absolute atomic E-state index is 0.193. The Balaban J connectivity index is 2.56. The van der Waals surface area contributed by atoms with Crippen LogP contribution in [0.2, 0.25) is 0 Å². The van der Waals surface area contributed by atoms with Crippen molar-refractivity contribution in [3.63, 3.8) is 0 Å². The van der Waals surface area contributed by atoms with Gasteiger partial charge in [-0.1, -0.05) is 0 Å². The van der Waals surface area contributed by atoms with E-state index in [0.29, 0.717) is 6.61 Å². The smallest absolute Gasteiger partial charge is 0.329 e. The Morgan fingerprint density at radius 1 is 1.33 bits per heavy atom. The first-order valence-electron chi connectivity index (χ1n) is 3.88. The van der Waals surface area contributed by atoms with Gasteiger partial charge in [-0.2, -0.15) is 0 Å². The maximum Gasteiger partial charge on any atom is 0.357 e. The normalized spacial score (nSPS) is 23.0. The van der Waals surface area contributed by atoms with Crippen LogP contribution in [-0.2, 0) is 18.9 Å². The van der Waals surface area contributed by atoms with Crippen LogP contribution in [0.3, 0.4) is 0 Å². The van der Waals surface area contributed by atoms with Crippen LogP contribution in [0.15, 0.2) is 0 Å². The summed E-state index contributed by atoms with van der Waals surface area (Å²) in [6.07, 6.45) is -1.06. The molecule has 5 nitrogen and oxygen atoms in total. The molecule has 1 saturated heterocycles. The van der Waals surface area contributed by atoms with Crippen LogP contribution in [0.25, 0.3) is 0 Å². The predicted octanol–water partition coefficient (Wildman–Crippen LogP) is 0.174. The van der Waals surface area contributed by atoms with E-state index in [1.54, 1.807) is 4.90 Å². The average Bonchev–Trinajstić information content (AvgIpc) is 2.06. The summed E-state index contributed by atoms with van der Waals surface area (Å²) in [5.41, 5.74) is 0. The Morgan fingerprint density at radius 2 is 1.92 bits per heavy atom. The summed E-state index contributed by atoms with van der Waals surface area (Å²) in [5.74, 6) is 0. The first-order valence-corrected chi connectivity index (χ1v) is 3.88. The molecule has 0 spiro atoms. The highest BCUT2D eigenvalue weighted by atomic mass is 17.0. The van der Waals surface area contributed by atoms with Crippen molar-refractivity contribution in [2.45, 2.75) is 13.0 Å². The summed E-state index contributed by atoms with van der Waals surface area (Å²) in [6, 6.07) is 0. The molecule has 1 heterocycles. The van der Waals surface area contributed by atoms with Crippen molar-refractivity contribution < 1.29 is 18.9 Å². The topological polar surface area (TPSA) is 40.2 Å². The van der Waals surface area contributed by atoms with Crippen LogP contribution in [0, 0.1) is 0 Å². The standard InChI is InChI=1S/C7H15NO4/c1-4-10-7(8(2)3)11-5-9-6-12-7/h4-6H2,1-3H3. The van der Waals surface area contributed by atoms with Crippen LogP contribution in [-0.4, -0.2) is 45.3 Å². The zero-order chi connectivity index (χ0) is 9.03. The maximum absolute atomic E-state index is 5.33. The van der Waals surface area contributed by atoms with Crippen LogP contribution in [0.5, 0.6) is 0 Å². The molecule has 0 aliphatic carbocycles. The highest BCUT2D eigenvalue weighted by Crippen LogP contribution is 2.21. The molecule has 0 saturated carbocycles. The van der Waals surface area contributed by atoms with Gasteiger partial charge in [0, 0.05) is 0 Å². The lowest BCUT2D eigenvalue weighted by Crippen LogP contribution is -2.54. The Morgan fingerprint density at radius 3 is 2.33 bits per heavy atom. The molecule has 1 fully saturated rings. The molecular formula is C7H15NO4. The van der Waals surface area contributed by atoms with E-state index in [0.717, 1.165) is 0 Å². The van der Waals surface area contributed by atoms with Crippen molar-refractivity contribution in [2.24, 2.45) is 0 Å². The predicted molar refractivity (Wildman–Crippen MR) is 41.0 cm³/mol. The van der Waals surface area contributed by atoms with Gasteiger partial charge in [0.1, 0.15) is 0 Å². The molecule has 0 unspecified atom stereocenters. The highest BCUT2D eigenvalue weighted by molar-refractivity contribution is 4.53. The Labute approximate surface area is 72.1 Å². The third-order valence-corrected chi connectivity index (χ3v) is 1.52. The minimum Gasteiger partial charge on any atom is -0.329 e. The van der Waals surface area contributed by atoms with E-state index in [-0.39, 0.29) is 13.6 Å². The van der Waals surface area contributed by atoms with Gasteiger partial charge in [-0.3, -0.25) is 9.47 Å². The molecule has 0 aromatic rings. The lowest BCUT2D eigenvalue weighted by Gasteiger charge is -2.39. The van der Waals surface area contributed by atoms with Gasteiger partial charge in [-0.05, 0) is 21.0 Å². The molecule has 12 heavy (non-hydrogen) atoms. The summed E-state index contributed by atoms with van der Waals surface area (Å²) < 4.78 is 20.7. The second kappa shape index (κ2) is 4.15. The van der Waals surface area contributed by atoms with Crippen molar-refractivity contribution >= 4 is 0 Å². The van der Waals surface area contributed by atoms with Crippen LogP contribution in [0.1, 0.15) is 6.92 Å². The van der Waals surface area contributed by atoms with E-state index >= 15 is 0 Å². The fourth-order valence-corrected chi connectivity index (χ4v) is 0.961. The molecule has 0 amide bonds. The molecule has 72 valence electrons. The Hall–Kier alpha value is -0.200. The Kier molecular flexibility index (Phi) is 3.42. The van der Waals surface area contributed by atoms with Crippen molar-refractivity contribution in [3.05, 3.63) is 0 Å². The van der Waals surface area contributed by atoms with E-state index < -0.39 is 6.10 Å². The zero-order valence-corrected chi connectivity index (χ0v) is 7.70. The molecule has 0 aromatic heterocycles. The number of ether oxygens (including phenoxy) is 4. The fourth-order valence-electron chi connectivity index (χ4n) is 0.961. The van der Waals surface area contributed by atoms with Gasteiger partial charge < -0.3 is 9.47 Å². The maximum atomic E-state index is 5.33. The summed E-state index contributed by atoms with van der Waals surface area (Å²) in [4.78, 5) is 1.72. The molecule has 0 atom stereocenters. The number of hydrogen-bond acceptors (Lipinski definition) is 5. The molecule has 0 radical (unpaired) electrons. The lowest BCUT2D eigenvalue weighted by molar-refractivity contribution is -0.499. The zero-order valence-electron chi connectivity index (χ0n) is 7.70. The lowest BCUT2D eigenvalue weighted by atomic mass is 10.7. The van der Waals surface area contributed by atoms with Gasteiger partial charge in [-0.15, -0.1) is 0 Å². The van der Waals surface area contributed by atoms with Crippen LogP contribution >= 0.6 is 0 Å². The summed E-state index contributed by atoms with van der Waals surface area (Å²) in [6.45, 7) is 2.79. The van der Waals surface area contributed by atoms with Gasteiger partial charge in [0.2, 0.25) is 0 Å². The molecule has 1 aliphatic rings. The SMILES string of the molecule is CCOC1(N(C)C)OCOCO1. The molecule has 0 aromatic carbocycles. The molecule has 5 heteroatoms. The summed E-state index contributed by atoms with van der Waals surface area (Å²) >= 11 is 0. The third-order valence-electron chi connectivity index (χ3n) is 1.52. The molecule has 1 rings (SSSR count). The first kappa shape index (κ1) is 9.88. The van der Waals surface area contributed by atoms with E-state index in [2.05, 4.69) is 0 Å². The summed E-state index contributed by atoms with van der Waals surface area (Å²) in [7, 11) is 3.64. The molecule has 0 N–H and O–H groups in total. The van der Waals surface area contributed by atoms with Crippen molar-refractivity contribution in [1.82, 2.24) is 4.90 Å². The van der Waals surface area contributed by atoms with Gasteiger partial charge >= 0.3 is 6.10 Å². The molecular weight excluding hydrogens is 162 g/mol. The van der Waals surface area contributed by atoms with Gasteiger partial charge in [0.05, 0.1) is 6.61 Å². The second-order valence-corrected chi connectivity index (χ2v) is 2.58. The number of hydrogen-bond donors (Lipinski definition) is 0. The largest absolute Gasteiger partial charge is 0.357 e. The van der Waals surface area contributed by atoms with Crippen molar-refractivity contribution in [1.29, 1.82) is 0 Å². The van der Waals surface area contributed by atoms with Crippen molar-refractivity contribution in [3.8, 4) is 0 Å². The van der Waals surface area contributed by atoms with E-state index in [1.165, 1.54) is 0 Å². The van der Waals surface area contributed by atoms with Gasteiger partial charge in [0.15, 0.2) is 13.6 Å². The number of nitrogens with zero attached hydrogens (tertiary/aromatic N) is 1. The van der Waals surface area contributed by atoms with E-state index in [4.69, 9.17) is 18.9 Å². The fraction of sp³-hybridized carbons (Fsp3) is 1.00. The Bertz CT molecular complexity index is 128. The second-order valence-electron chi connectivity index (χ2n) is 2.58. The monoisotopic (exact) mass is 177 g/mol. The molecule has 1 aliphatic heterocycles. The third kappa shape index (κ3) is 1.94. The first-order chi connectivity index (χ1) is 5.71. The van der Waals surface area contributed by atoms with Gasteiger partial charge in [-0.25, -0.2) is 4.90 Å². The average molecular weight is 177 g/mol. The quantitative estimate of drug-likeness (QED) is 0.575. The number of rotatable bonds is 3. The van der Waals surface area contributed by atoms with E-state index in [1.807, 2.05) is 21.0 Å². The van der Waals surface area contributed by atoms with Gasteiger partial charge in [0.25, 0.3) is 0 Å². The van der Waals surface area contributed by atoms with E-state index in [9.17, 15) is 0 Å². The molecule has 0 bridgehead atoms.